The number of nitrogens with one attached hydrogen (secondary N) is 1. The zero-order chi connectivity index (χ0) is 29.9. The van der Waals surface area contributed by atoms with Crippen LogP contribution in [0.4, 0.5) is 0 Å². The van der Waals surface area contributed by atoms with Crippen LogP contribution in [0.25, 0.3) is 0 Å². The van der Waals surface area contributed by atoms with E-state index in [0.29, 0.717) is 30.8 Å². The molecule has 0 spiro atoms. The first kappa shape index (κ1) is 12.7. The van der Waals surface area contributed by atoms with E-state index in [4.69, 9.17) is 31.6 Å². The number of nitrogens with two attached hydrogens (primary N) is 2. The van der Waals surface area contributed by atoms with E-state index >= 15 is 0 Å². The van der Waals surface area contributed by atoms with Gasteiger partial charge < -0.3 is 14.0 Å². The van der Waals surface area contributed by atoms with Crippen molar-refractivity contribution in [2.24, 2.45) is 5.72 Å². The Morgan fingerprint density at radius 2 is 2.07 bits per heavy atom. The Hall–Kier alpha value is -2.66. The number of rotatable bonds is 9. The Bertz CT molecular complexity index is 1060. The van der Waals surface area contributed by atoms with Crippen LogP contribution < -0.4 is 21.2 Å². The minimum Gasteiger partial charge on any atom is -0.748 e. The molecule has 0 aliphatic carbocycles. The SMILES string of the molecule is CS(=O)(=O)[O-].[2H]N([2H])C(N([2H])CCCCCC(=O)Oc1ccc(C(=O)OC([2H])([2H])C([2H])([2H])[2H])cc1)=[N+]([2H])[2H]. The smallest absolute Gasteiger partial charge is 0.338 e. The van der Waals surface area contributed by atoms with E-state index in [1.165, 1.54) is 24.3 Å². The summed E-state index contributed by atoms with van der Waals surface area (Å²) in [5.74, 6) is -2.21. The summed E-state index contributed by atoms with van der Waals surface area (Å²) < 4.78 is 108. The fourth-order valence-electron chi connectivity index (χ4n) is 1.68. The van der Waals surface area contributed by atoms with Gasteiger partial charge in [-0.05, 0) is 50.4 Å². The van der Waals surface area contributed by atoms with Gasteiger partial charge in [0.25, 0.3) is 7.06 Å². The molecule has 28 heavy (non-hydrogen) atoms. The highest BCUT2D eigenvalue weighted by molar-refractivity contribution is 7.84. The van der Waals surface area contributed by atoms with E-state index in [1.54, 1.807) is 0 Å². The van der Waals surface area contributed by atoms with Gasteiger partial charge >= 0.3 is 17.9 Å². The molecule has 0 saturated carbocycles. The van der Waals surface area contributed by atoms with Gasteiger partial charge in [0.2, 0.25) is 0 Å². The first-order valence-corrected chi connectivity index (χ1v) is 9.61. The third kappa shape index (κ3) is 15.6. The lowest BCUT2D eigenvalue weighted by molar-refractivity contribution is -0.134. The predicted molar refractivity (Wildman–Crippen MR) is 101 cm³/mol. The third-order valence-electron chi connectivity index (χ3n) is 2.76. The normalized spacial score (nSPS) is 16.1. The standard InChI is InChI=1S/C16H23N3O4.CH4O3S/c1-2-22-15(21)12-7-9-13(10-8-12)23-14(20)6-4-3-5-11-19-16(17)18;1-5(2,3)4/h7-10H,2-6,11H2,1H3,(H4,17,18,19);1H3,(H,2,3,4)/i1D3,2D2;/hD5. The van der Waals surface area contributed by atoms with E-state index in [9.17, 15) is 9.59 Å². The molecule has 0 heterocycles. The third-order valence-corrected chi connectivity index (χ3v) is 2.76. The maximum atomic E-state index is 11.9. The Morgan fingerprint density at radius 1 is 1.39 bits per heavy atom. The van der Waals surface area contributed by atoms with Crippen molar-refractivity contribution in [2.45, 2.75) is 32.5 Å². The maximum Gasteiger partial charge on any atom is 0.338 e. The van der Waals surface area contributed by atoms with E-state index in [-0.39, 0.29) is 35.4 Å². The quantitative estimate of drug-likeness (QED) is 0.113. The minimum absolute atomic E-state index is 0.0149. The van der Waals surface area contributed by atoms with E-state index in [0.717, 1.165) is 0 Å². The Kier molecular flexibility index (Phi) is 6.14. The summed E-state index contributed by atoms with van der Waals surface area (Å²) in [6.45, 7) is -6.26. The number of benzene rings is 1. The van der Waals surface area contributed by atoms with Crippen molar-refractivity contribution in [2.75, 3.05) is 19.4 Å². The largest absolute Gasteiger partial charge is 0.748 e. The monoisotopic (exact) mass is 427 g/mol. The second-order valence-electron chi connectivity index (χ2n) is 5.19. The van der Waals surface area contributed by atoms with E-state index in [2.05, 4.69) is 4.74 Å². The lowest BCUT2D eigenvalue weighted by Crippen LogP contribution is -2.54. The summed E-state index contributed by atoms with van der Waals surface area (Å²) in [6.07, 6.45) is 1.96. The fraction of sp³-hybridized carbons (Fsp3) is 0.471. The molecule has 10 nitrogen and oxygen atoms in total. The average Bonchev–Trinajstić information content (AvgIpc) is 2.71. The summed E-state index contributed by atoms with van der Waals surface area (Å²) in [5, 5.41) is 0.646. The maximum absolute atomic E-state index is 11.9. The second-order valence-corrected chi connectivity index (χ2v) is 6.59. The molecule has 1 aromatic rings. The molecule has 0 aliphatic rings. The molecule has 0 bridgehead atoms. The summed E-state index contributed by atoms with van der Waals surface area (Å²) >= 11 is 0. The first-order valence-electron chi connectivity index (χ1n) is 12.5. The van der Waals surface area contributed by atoms with Crippen LogP contribution in [0.3, 0.4) is 0 Å². The first-order chi connectivity index (χ1) is 17.2. The number of hydrogen-bond acceptors (Lipinski definition) is 7. The predicted octanol–water partition coefficient (Wildman–Crippen LogP) is -0.846. The molecule has 0 aliphatic heterocycles. The van der Waals surface area contributed by atoms with Crippen LogP contribution >= 0.6 is 0 Å². The molecule has 158 valence electrons. The Morgan fingerprint density at radius 3 is 2.64 bits per heavy atom. The molecule has 11 heteroatoms. The lowest BCUT2D eigenvalue weighted by Gasteiger charge is -2.06. The number of unbranched alkanes of at least 4 members (excludes halogenated alkanes) is 2. The summed E-state index contributed by atoms with van der Waals surface area (Å²) in [4.78, 5) is 23.8. The molecular formula is C17H27N3O7S. The van der Waals surface area contributed by atoms with Crippen LogP contribution in [-0.2, 0) is 19.6 Å². The van der Waals surface area contributed by atoms with Gasteiger partial charge in [-0.25, -0.2) is 13.2 Å². The zero-order valence-corrected chi connectivity index (χ0v) is 15.8. The van der Waals surface area contributed by atoms with Crippen molar-refractivity contribution in [1.82, 2.24) is 5.31 Å². The average molecular weight is 428 g/mol. The Labute approximate surface area is 179 Å². The van der Waals surface area contributed by atoms with Crippen LogP contribution in [-0.4, -0.2) is 50.2 Å². The van der Waals surface area contributed by atoms with Gasteiger partial charge in [0.05, 0.1) is 31.5 Å². The fourth-order valence-corrected chi connectivity index (χ4v) is 1.68. The van der Waals surface area contributed by atoms with Crippen LogP contribution in [0.5, 0.6) is 5.75 Å². The Balaban J connectivity index is 0.00000249. The van der Waals surface area contributed by atoms with Gasteiger partial charge in [0, 0.05) is 16.8 Å². The van der Waals surface area contributed by atoms with Crippen LogP contribution in [0, 0.1) is 0 Å². The van der Waals surface area contributed by atoms with Gasteiger partial charge in [-0.3, -0.25) is 21.2 Å². The molecule has 1 aromatic carbocycles. The highest BCUT2D eigenvalue weighted by Gasteiger charge is 2.08. The van der Waals surface area contributed by atoms with Crippen LogP contribution in [0.2, 0.25) is 7.06 Å². The van der Waals surface area contributed by atoms with Crippen molar-refractivity contribution in [3.05, 3.63) is 29.8 Å². The van der Waals surface area contributed by atoms with Gasteiger partial charge in [-0.2, -0.15) is 0 Å². The number of esters is 2. The molecular weight excluding hydrogens is 390 g/mol. The summed E-state index contributed by atoms with van der Waals surface area (Å²) in [6, 6.07) is 4.94. The molecule has 0 saturated heterocycles. The molecule has 0 atom stereocenters. The molecule has 0 aromatic heterocycles. The van der Waals surface area contributed by atoms with Crippen molar-refractivity contribution >= 4 is 28.0 Å². The highest BCUT2D eigenvalue weighted by atomic mass is 32.2. The summed E-state index contributed by atoms with van der Waals surface area (Å²) in [7, 11) is -3.92. The van der Waals surface area contributed by atoms with Crippen LogP contribution in [0.15, 0.2) is 24.3 Å². The minimum atomic E-state index is -3.92. The molecule has 5 N–H and O–H groups in total. The molecule has 0 amide bonds. The van der Waals surface area contributed by atoms with Gasteiger partial charge in [-0.15, -0.1) is 0 Å². The van der Waals surface area contributed by atoms with Crippen LogP contribution in [0.1, 0.15) is 49.7 Å². The molecule has 0 unspecified atom stereocenters. The topological polar surface area (TPSA) is 173 Å². The number of carbonyl (C=O) groups is 2. The van der Waals surface area contributed by atoms with E-state index in [1.807, 2.05) is 0 Å². The highest BCUT2D eigenvalue weighted by Crippen LogP contribution is 2.14. The van der Waals surface area contributed by atoms with Crippen molar-refractivity contribution in [1.29, 1.82) is 0 Å². The molecule has 0 fully saturated rings. The van der Waals surface area contributed by atoms with Crippen molar-refractivity contribution in [3.63, 3.8) is 0 Å². The molecule has 0 radical (unpaired) electrons. The van der Waals surface area contributed by atoms with Gasteiger partial charge in [0.15, 0.2) is 0 Å². The van der Waals surface area contributed by atoms with Gasteiger partial charge in [0.1, 0.15) is 5.75 Å². The van der Waals surface area contributed by atoms with Gasteiger partial charge in [-0.1, -0.05) is 0 Å². The number of carbonyl (C=O) groups excluding carboxylic acids is 2. The van der Waals surface area contributed by atoms with E-state index < -0.39 is 41.4 Å². The number of ether oxygens (including phenoxy) is 2. The second kappa shape index (κ2) is 13.5. The molecule has 1 rings (SSSR count). The number of hydrogen-bond donors (Lipinski definition) is 3. The zero-order valence-electron chi connectivity index (χ0n) is 25.0. The summed E-state index contributed by atoms with van der Waals surface area (Å²) in [5.41, 5.74) is -0.143. The van der Waals surface area contributed by atoms with Crippen molar-refractivity contribution in [3.8, 4) is 5.75 Å². The van der Waals surface area contributed by atoms with Crippen molar-refractivity contribution < 1.29 is 51.3 Å². The lowest BCUT2D eigenvalue weighted by atomic mass is 10.2. The number of guanidine groups is 1.